The smallest absolute Gasteiger partial charge is 0.171 e. The van der Waals surface area contributed by atoms with Gasteiger partial charge in [-0.05, 0) is 36.8 Å². The molecule has 1 heterocycles. The summed E-state index contributed by atoms with van der Waals surface area (Å²) in [6.45, 7) is 1.98. The molecule has 1 aromatic heterocycles. The van der Waals surface area contributed by atoms with E-state index in [0.29, 0.717) is 0 Å². The molecule has 0 aliphatic rings. The van der Waals surface area contributed by atoms with Crippen molar-refractivity contribution in [1.29, 1.82) is 0 Å². The van der Waals surface area contributed by atoms with Crippen molar-refractivity contribution in [2.75, 3.05) is 0 Å². The molecule has 0 aliphatic carbocycles. The van der Waals surface area contributed by atoms with Gasteiger partial charge in [0, 0.05) is 15.4 Å². The highest BCUT2D eigenvalue weighted by molar-refractivity contribution is 9.10. The Morgan fingerprint density at radius 1 is 1.25 bits per heavy atom. The van der Waals surface area contributed by atoms with Crippen LogP contribution in [0.3, 0.4) is 0 Å². The summed E-state index contributed by atoms with van der Waals surface area (Å²) in [4.78, 5) is 9.00. The van der Waals surface area contributed by atoms with E-state index in [9.17, 15) is 0 Å². The molecule has 0 aliphatic heterocycles. The van der Waals surface area contributed by atoms with E-state index in [1.54, 1.807) is 11.8 Å². The Balaban J connectivity index is 1.89. The van der Waals surface area contributed by atoms with E-state index in [4.69, 9.17) is 5.73 Å². The number of rotatable bonds is 3. The zero-order chi connectivity index (χ0) is 14.1. The molecule has 1 atom stereocenters. The van der Waals surface area contributed by atoms with Crippen molar-refractivity contribution in [2.45, 2.75) is 23.0 Å². The number of nitrogens with two attached hydrogens (primary N) is 1. The number of aromatic amines is 1. The molecule has 5 heteroatoms. The molecule has 0 unspecified atom stereocenters. The van der Waals surface area contributed by atoms with Crippen molar-refractivity contribution in [2.24, 2.45) is 5.73 Å². The zero-order valence-electron chi connectivity index (χ0n) is 10.9. The molecule has 3 aromatic rings. The van der Waals surface area contributed by atoms with Gasteiger partial charge in [0.2, 0.25) is 0 Å². The van der Waals surface area contributed by atoms with Crippen molar-refractivity contribution in [3.05, 3.63) is 52.5 Å². The lowest BCUT2D eigenvalue weighted by Gasteiger charge is -2.09. The van der Waals surface area contributed by atoms with Gasteiger partial charge in [-0.1, -0.05) is 45.9 Å². The van der Waals surface area contributed by atoms with Crippen LogP contribution in [0.5, 0.6) is 0 Å². The van der Waals surface area contributed by atoms with Gasteiger partial charge in [-0.25, -0.2) is 4.98 Å². The second kappa shape index (κ2) is 5.60. The highest BCUT2D eigenvalue weighted by Gasteiger charge is 2.08. The average Bonchev–Trinajstić information content (AvgIpc) is 2.80. The maximum absolute atomic E-state index is 5.91. The monoisotopic (exact) mass is 347 g/mol. The maximum atomic E-state index is 5.91. The van der Waals surface area contributed by atoms with E-state index in [-0.39, 0.29) is 6.04 Å². The van der Waals surface area contributed by atoms with E-state index in [1.807, 2.05) is 31.2 Å². The third-order valence-corrected chi connectivity index (χ3v) is 4.61. The van der Waals surface area contributed by atoms with Crippen LogP contribution < -0.4 is 5.73 Å². The number of nitrogens with one attached hydrogen (secondary N) is 1. The molecule has 0 amide bonds. The summed E-state index contributed by atoms with van der Waals surface area (Å²) in [6, 6.07) is 14.3. The van der Waals surface area contributed by atoms with Crippen LogP contribution in [-0.2, 0) is 0 Å². The first-order valence-electron chi connectivity index (χ1n) is 6.31. The summed E-state index contributed by atoms with van der Waals surface area (Å²) in [7, 11) is 0. The molecular formula is C15H14BrN3S. The predicted octanol–water partition coefficient (Wildman–Crippen LogP) is 4.50. The number of benzene rings is 2. The van der Waals surface area contributed by atoms with Crippen LogP contribution in [0, 0.1) is 0 Å². The molecule has 0 radical (unpaired) electrons. The van der Waals surface area contributed by atoms with Crippen LogP contribution in [0.2, 0.25) is 0 Å². The third kappa shape index (κ3) is 2.75. The number of para-hydroxylation sites is 2. The topological polar surface area (TPSA) is 54.7 Å². The number of nitrogens with zero attached hydrogens (tertiary/aromatic N) is 1. The maximum Gasteiger partial charge on any atom is 0.171 e. The van der Waals surface area contributed by atoms with E-state index >= 15 is 0 Å². The third-order valence-electron chi connectivity index (χ3n) is 3.04. The first kappa shape index (κ1) is 13.7. The minimum atomic E-state index is 0.0228. The number of fused-ring (bicyclic) bond motifs is 1. The van der Waals surface area contributed by atoms with Crippen LogP contribution in [-0.4, -0.2) is 9.97 Å². The molecule has 2 aromatic carbocycles. The Hall–Kier alpha value is -1.30. The predicted molar refractivity (Wildman–Crippen MR) is 87.0 cm³/mol. The minimum absolute atomic E-state index is 0.0228. The second-order valence-corrected chi connectivity index (χ2v) is 6.55. The fourth-order valence-electron chi connectivity index (χ4n) is 2.03. The Labute approximate surface area is 130 Å². The molecule has 0 spiro atoms. The van der Waals surface area contributed by atoms with Crippen molar-refractivity contribution in [3.8, 4) is 0 Å². The molecule has 0 bridgehead atoms. The van der Waals surface area contributed by atoms with Gasteiger partial charge in [-0.3, -0.25) is 0 Å². The molecule has 3 N–H and O–H groups in total. The molecule has 3 rings (SSSR count). The van der Waals surface area contributed by atoms with Crippen molar-refractivity contribution in [3.63, 3.8) is 0 Å². The Morgan fingerprint density at radius 2 is 2.05 bits per heavy atom. The standard InChI is InChI=1S/C15H14BrN3S/c1-9(17)11-7-6-10(8-12(11)16)20-15-18-13-4-2-3-5-14(13)19-15/h2-9H,17H2,1H3,(H,18,19)/t9-/m0/s1. The van der Waals surface area contributed by atoms with Crippen LogP contribution in [0.1, 0.15) is 18.5 Å². The van der Waals surface area contributed by atoms with Gasteiger partial charge in [0.05, 0.1) is 11.0 Å². The second-order valence-electron chi connectivity index (χ2n) is 4.63. The molecule has 20 heavy (non-hydrogen) atoms. The summed E-state index contributed by atoms with van der Waals surface area (Å²) in [5, 5.41) is 0.895. The molecule has 0 saturated carbocycles. The van der Waals surface area contributed by atoms with Gasteiger partial charge in [-0.15, -0.1) is 0 Å². The van der Waals surface area contributed by atoms with Gasteiger partial charge in [0.25, 0.3) is 0 Å². The number of halogens is 1. The van der Waals surface area contributed by atoms with Gasteiger partial charge >= 0.3 is 0 Å². The van der Waals surface area contributed by atoms with Crippen molar-refractivity contribution in [1.82, 2.24) is 9.97 Å². The molecular weight excluding hydrogens is 334 g/mol. The highest BCUT2D eigenvalue weighted by atomic mass is 79.9. The number of hydrogen-bond acceptors (Lipinski definition) is 3. The zero-order valence-corrected chi connectivity index (χ0v) is 13.3. The SMILES string of the molecule is C[C@H](N)c1ccc(Sc2nc3ccccc3[nH]2)cc1Br. The van der Waals surface area contributed by atoms with Crippen molar-refractivity contribution < 1.29 is 0 Å². The normalized spacial score (nSPS) is 12.8. The van der Waals surface area contributed by atoms with Gasteiger partial charge in [0.15, 0.2) is 5.16 Å². The van der Waals surface area contributed by atoms with Crippen LogP contribution >= 0.6 is 27.7 Å². The van der Waals surface area contributed by atoms with E-state index in [0.717, 1.165) is 31.1 Å². The lowest BCUT2D eigenvalue weighted by Crippen LogP contribution is -2.05. The summed E-state index contributed by atoms with van der Waals surface area (Å²) in [5.74, 6) is 0. The number of aromatic nitrogens is 2. The van der Waals surface area contributed by atoms with Crippen LogP contribution in [0.15, 0.2) is 57.0 Å². The fourth-order valence-corrected chi connectivity index (χ4v) is 3.76. The molecule has 102 valence electrons. The molecule has 0 saturated heterocycles. The largest absolute Gasteiger partial charge is 0.333 e. The van der Waals surface area contributed by atoms with Gasteiger partial charge in [-0.2, -0.15) is 0 Å². The summed E-state index contributed by atoms with van der Waals surface area (Å²) < 4.78 is 1.04. The first-order chi connectivity index (χ1) is 9.63. The number of imidazole rings is 1. The van der Waals surface area contributed by atoms with E-state index in [2.05, 4.69) is 44.1 Å². The minimum Gasteiger partial charge on any atom is -0.333 e. The number of hydrogen-bond donors (Lipinski definition) is 2. The van der Waals surface area contributed by atoms with Crippen LogP contribution in [0.4, 0.5) is 0 Å². The van der Waals surface area contributed by atoms with Gasteiger partial charge in [0.1, 0.15) is 0 Å². The van der Waals surface area contributed by atoms with Crippen molar-refractivity contribution >= 4 is 38.7 Å². The fraction of sp³-hybridized carbons (Fsp3) is 0.133. The summed E-state index contributed by atoms with van der Waals surface area (Å²) in [6.07, 6.45) is 0. The van der Waals surface area contributed by atoms with Crippen LogP contribution in [0.25, 0.3) is 11.0 Å². The van der Waals surface area contributed by atoms with E-state index < -0.39 is 0 Å². The molecule has 0 fully saturated rings. The molecule has 3 nitrogen and oxygen atoms in total. The Bertz CT molecular complexity index is 719. The van der Waals surface area contributed by atoms with E-state index in [1.165, 1.54) is 0 Å². The lowest BCUT2D eigenvalue weighted by atomic mass is 10.1. The van der Waals surface area contributed by atoms with Gasteiger partial charge < -0.3 is 10.7 Å². The highest BCUT2D eigenvalue weighted by Crippen LogP contribution is 2.32. The quantitative estimate of drug-likeness (QED) is 0.733. The lowest BCUT2D eigenvalue weighted by molar-refractivity contribution is 0.811. The average molecular weight is 348 g/mol. The summed E-state index contributed by atoms with van der Waals surface area (Å²) >= 11 is 5.18. The Morgan fingerprint density at radius 3 is 2.75 bits per heavy atom. The Kier molecular flexibility index (Phi) is 3.83. The number of H-pyrrole nitrogens is 1. The summed E-state index contributed by atoms with van der Waals surface area (Å²) in [5.41, 5.74) is 9.07. The first-order valence-corrected chi connectivity index (χ1v) is 7.92.